The molecule has 5 nitrogen and oxygen atoms in total. The number of hydrogen-bond acceptors (Lipinski definition) is 4. The number of hydrogen-bond donors (Lipinski definition) is 2. The molecule has 1 saturated heterocycles. The van der Waals surface area contributed by atoms with E-state index in [2.05, 4.69) is 0 Å². The van der Waals surface area contributed by atoms with Crippen molar-refractivity contribution < 1.29 is 19.8 Å². The van der Waals surface area contributed by atoms with Crippen molar-refractivity contribution in [3.05, 3.63) is 35.4 Å². The number of carbonyl (C=O) groups excluding carboxylic acids is 1. The minimum atomic E-state index is -1.05. The van der Waals surface area contributed by atoms with Crippen LogP contribution in [-0.2, 0) is 15.3 Å². The molecule has 0 bridgehead atoms. The van der Waals surface area contributed by atoms with Gasteiger partial charge in [-0.3, -0.25) is 4.79 Å². The number of aliphatic carboxylic acids is 1. The molecule has 0 spiro atoms. The number of β-amino-alcohol motifs (C(OH)–C–C–N with tert-alkyl or cyclic N) is 1. The second kappa shape index (κ2) is 6.95. The van der Waals surface area contributed by atoms with E-state index in [4.69, 9.17) is 5.11 Å². The molecule has 1 amide bonds. The number of carboxylic acid groups (broad SMARTS) is 1. The standard InChI is InChI=1S/C15H19NO4S/c1-10-2-4-11(5-3-10)8-21-9-14(18)16-7-12(17)6-13(16)15(19)20/h2-5,12-13,17H,6-9H2,1H3,(H,19,20)/t12-,13+/m1/s1. The molecule has 1 aromatic carbocycles. The first kappa shape index (κ1) is 15.9. The SMILES string of the molecule is Cc1ccc(CSCC(=O)N2C[C@H](O)C[C@H]2C(=O)O)cc1. The van der Waals surface area contributed by atoms with Crippen LogP contribution in [-0.4, -0.2) is 51.4 Å². The number of aliphatic hydroxyl groups is 1. The van der Waals surface area contributed by atoms with Crippen molar-refractivity contribution >= 4 is 23.6 Å². The van der Waals surface area contributed by atoms with Gasteiger partial charge in [0.1, 0.15) is 6.04 Å². The van der Waals surface area contributed by atoms with Gasteiger partial charge in [0, 0.05) is 18.7 Å². The lowest BCUT2D eigenvalue weighted by Crippen LogP contribution is -2.41. The second-order valence-electron chi connectivity index (χ2n) is 5.27. The smallest absolute Gasteiger partial charge is 0.326 e. The Morgan fingerprint density at radius 2 is 2.00 bits per heavy atom. The van der Waals surface area contributed by atoms with Crippen LogP contribution in [0.2, 0.25) is 0 Å². The number of aliphatic hydroxyl groups excluding tert-OH is 1. The summed E-state index contributed by atoms with van der Waals surface area (Å²) in [5, 5.41) is 18.6. The first-order valence-corrected chi connectivity index (χ1v) is 7.96. The molecular weight excluding hydrogens is 290 g/mol. The van der Waals surface area contributed by atoms with Crippen LogP contribution in [0, 0.1) is 6.92 Å². The molecule has 114 valence electrons. The molecule has 1 heterocycles. The van der Waals surface area contributed by atoms with Gasteiger partial charge in [0.05, 0.1) is 11.9 Å². The summed E-state index contributed by atoms with van der Waals surface area (Å²) in [4.78, 5) is 24.4. The first-order chi connectivity index (χ1) is 9.97. The molecule has 1 aliphatic heterocycles. The number of amides is 1. The summed E-state index contributed by atoms with van der Waals surface area (Å²) in [6.45, 7) is 2.13. The number of benzene rings is 1. The Kier molecular flexibility index (Phi) is 5.25. The maximum atomic E-state index is 12.1. The Morgan fingerprint density at radius 1 is 1.33 bits per heavy atom. The molecule has 0 saturated carbocycles. The van der Waals surface area contributed by atoms with E-state index >= 15 is 0 Å². The van der Waals surface area contributed by atoms with Crippen LogP contribution in [0.4, 0.5) is 0 Å². The Hall–Kier alpha value is -1.53. The quantitative estimate of drug-likeness (QED) is 0.856. The topological polar surface area (TPSA) is 77.8 Å². The number of aryl methyl sites for hydroxylation is 1. The van der Waals surface area contributed by atoms with Crippen LogP contribution >= 0.6 is 11.8 Å². The Morgan fingerprint density at radius 3 is 2.62 bits per heavy atom. The minimum absolute atomic E-state index is 0.112. The molecule has 2 N–H and O–H groups in total. The van der Waals surface area contributed by atoms with Crippen LogP contribution in [0.25, 0.3) is 0 Å². The van der Waals surface area contributed by atoms with Gasteiger partial charge in [-0.2, -0.15) is 0 Å². The van der Waals surface area contributed by atoms with Gasteiger partial charge in [-0.1, -0.05) is 29.8 Å². The third-order valence-electron chi connectivity index (χ3n) is 3.50. The van der Waals surface area contributed by atoms with E-state index in [1.54, 1.807) is 0 Å². The van der Waals surface area contributed by atoms with E-state index < -0.39 is 18.1 Å². The van der Waals surface area contributed by atoms with E-state index in [0.29, 0.717) is 5.75 Å². The average Bonchev–Trinajstić information content (AvgIpc) is 2.83. The van der Waals surface area contributed by atoms with Crippen molar-refractivity contribution in [1.29, 1.82) is 0 Å². The molecule has 0 aliphatic carbocycles. The highest BCUT2D eigenvalue weighted by Crippen LogP contribution is 2.20. The molecule has 2 rings (SSSR count). The van der Waals surface area contributed by atoms with Gasteiger partial charge in [0.2, 0.25) is 5.91 Å². The van der Waals surface area contributed by atoms with Crippen molar-refractivity contribution in [2.75, 3.05) is 12.3 Å². The highest BCUT2D eigenvalue weighted by Gasteiger charge is 2.38. The molecule has 0 unspecified atom stereocenters. The van der Waals surface area contributed by atoms with Crippen molar-refractivity contribution in [3.63, 3.8) is 0 Å². The van der Waals surface area contributed by atoms with Crippen LogP contribution in [0.3, 0.4) is 0 Å². The summed E-state index contributed by atoms with van der Waals surface area (Å²) in [6, 6.07) is 7.19. The molecule has 0 radical (unpaired) electrons. The molecule has 0 aromatic heterocycles. The predicted octanol–water partition coefficient (Wildman–Crippen LogP) is 1.27. The molecule has 6 heteroatoms. The van der Waals surface area contributed by atoms with Gasteiger partial charge in [-0.05, 0) is 12.5 Å². The van der Waals surface area contributed by atoms with E-state index in [0.717, 1.165) is 5.56 Å². The normalized spacial score (nSPS) is 21.5. The number of thioether (sulfide) groups is 1. The van der Waals surface area contributed by atoms with Gasteiger partial charge >= 0.3 is 5.97 Å². The lowest BCUT2D eigenvalue weighted by Gasteiger charge is -2.20. The lowest BCUT2D eigenvalue weighted by molar-refractivity contribution is -0.147. The molecular formula is C15H19NO4S. The Labute approximate surface area is 128 Å². The van der Waals surface area contributed by atoms with Crippen molar-refractivity contribution in [3.8, 4) is 0 Å². The van der Waals surface area contributed by atoms with Gasteiger partial charge < -0.3 is 15.1 Å². The fourth-order valence-electron chi connectivity index (χ4n) is 2.35. The number of rotatable bonds is 5. The molecule has 1 aliphatic rings. The lowest BCUT2D eigenvalue weighted by atomic mass is 10.2. The summed E-state index contributed by atoms with van der Waals surface area (Å²) >= 11 is 1.46. The van der Waals surface area contributed by atoms with E-state index in [1.807, 2.05) is 31.2 Å². The van der Waals surface area contributed by atoms with Crippen molar-refractivity contribution in [2.45, 2.75) is 31.2 Å². The zero-order chi connectivity index (χ0) is 15.4. The number of nitrogens with zero attached hydrogens (tertiary/aromatic N) is 1. The van der Waals surface area contributed by atoms with Crippen molar-refractivity contribution in [2.24, 2.45) is 0 Å². The largest absolute Gasteiger partial charge is 0.480 e. The van der Waals surface area contributed by atoms with Gasteiger partial charge in [-0.15, -0.1) is 11.8 Å². The second-order valence-corrected chi connectivity index (χ2v) is 6.25. The highest BCUT2D eigenvalue weighted by atomic mass is 32.2. The summed E-state index contributed by atoms with van der Waals surface area (Å²) in [5.74, 6) is -0.343. The van der Waals surface area contributed by atoms with Gasteiger partial charge in [0.25, 0.3) is 0 Å². The summed E-state index contributed by atoms with van der Waals surface area (Å²) in [5.41, 5.74) is 2.32. The van der Waals surface area contributed by atoms with Crippen LogP contribution < -0.4 is 0 Å². The fraction of sp³-hybridized carbons (Fsp3) is 0.467. The third kappa shape index (κ3) is 4.22. The summed E-state index contributed by atoms with van der Waals surface area (Å²) in [6.07, 6.45) is -0.624. The zero-order valence-corrected chi connectivity index (χ0v) is 12.7. The predicted molar refractivity (Wildman–Crippen MR) is 81.1 cm³/mol. The van der Waals surface area contributed by atoms with E-state index in [1.165, 1.54) is 22.2 Å². The molecule has 2 atom stereocenters. The minimum Gasteiger partial charge on any atom is -0.480 e. The summed E-state index contributed by atoms with van der Waals surface area (Å²) < 4.78 is 0. The number of carbonyl (C=O) groups is 2. The maximum Gasteiger partial charge on any atom is 0.326 e. The van der Waals surface area contributed by atoms with Crippen LogP contribution in [0.1, 0.15) is 17.5 Å². The van der Waals surface area contributed by atoms with Crippen molar-refractivity contribution in [1.82, 2.24) is 4.90 Å². The van der Waals surface area contributed by atoms with E-state index in [-0.39, 0.29) is 24.6 Å². The summed E-state index contributed by atoms with van der Waals surface area (Å²) in [7, 11) is 0. The van der Waals surface area contributed by atoms with E-state index in [9.17, 15) is 14.7 Å². The average molecular weight is 309 g/mol. The maximum absolute atomic E-state index is 12.1. The number of carboxylic acids is 1. The monoisotopic (exact) mass is 309 g/mol. The molecule has 1 aromatic rings. The van der Waals surface area contributed by atoms with Crippen LogP contribution in [0.5, 0.6) is 0 Å². The van der Waals surface area contributed by atoms with Gasteiger partial charge in [0.15, 0.2) is 0 Å². The van der Waals surface area contributed by atoms with Gasteiger partial charge in [-0.25, -0.2) is 4.79 Å². The number of likely N-dealkylation sites (tertiary alicyclic amines) is 1. The fourth-order valence-corrected chi connectivity index (χ4v) is 3.22. The Balaban J connectivity index is 1.84. The highest BCUT2D eigenvalue weighted by molar-refractivity contribution is 7.99. The third-order valence-corrected chi connectivity index (χ3v) is 4.49. The zero-order valence-electron chi connectivity index (χ0n) is 11.9. The Bertz CT molecular complexity index is 517. The molecule has 1 fully saturated rings. The van der Waals surface area contributed by atoms with Crippen LogP contribution in [0.15, 0.2) is 24.3 Å². The molecule has 21 heavy (non-hydrogen) atoms. The first-order valence-electron chi connectivity index (χ1n) is 6.81.